The first-order valence-electron chi connectivity index (χ1n) is 7.98. The van der Waals surface area contributed by atoms with Crippen LogP contribution in [0.5, 0.6) is 0 Å². The summed E-state index contributed by atoms with van der Waals surface area (Å²) < 4.78 is 5.67. The second-order valence-electron chi connectivity index (χ2n) is 5.75. The number of nitrogens with zero attached hydrogens (tertiary/aromatic N) is 2. The summed E-state index contributed by atoms with van der Waals surface area (Å²) in [6, 6.07) is 14.9. The van der Waals surface area contributed by atoms with Crippen molar-refractivity contribution in [1.82, 2.24) is 15.2 Å². The second-order valence-corrected chi connectivity index (χ2v) is 7.48. The molecule has 4 aromatic rings. The largest absolute Gasteiger partial charge is 0.411 e. The van der Waals surface area contributed by atoms with Gasteiger partial charge in [-0.05, 0) is 37.3 Å². The van der Waals surface area contributed by atoms with Gasteiger partial charge in [-0.2, -0.15) is 0 Å². The number of H-pyrrole nitrogens is 1. The zero-order valence-corrected chi connectivity index (χ0v) is 15.3. The van der Waals surface area contributed by atoms with Gasteiger partial charge in [-0.3, -0.25) is 4.79 Å². The predicted molar refractivity (Wildman–Crippen MR) is 103 cm³/mol. The van der Waals surface area contributed by atoms with E-state index < -0.39 is 0 Å². The molecule has 0 radical (unpaired) electrons. The lowest BCUT2D eigenvalue weighted by molar-refractivity contribution is 0.0995. The van der Waals surface area contributed by atoms with Crippen LogP contribution in [0.3, 0.4) is 0 Å². The third-order valence-corrected chi connectivity index (χ3v) is 5.19. The number of halogens is 1. The van der Waals surface area contributed by atoms with Crippen LogP contribution in [0, 0.1) is 0 Å². The van der Waals surface area contributed by atoms with Crippen molar-refractivity contribution in [3.05, 3.63) is 65.3 Å². The predicted octanol–water partition coefficient (Wildman–Crippen LogP) is 5.23. The van der Waals surface area contributed by atoms with Gasteiger partial charge >= 0.3 is 0 Å². The van der Waals surface area contributed by atoms with Crippen molar-refractivity contribution in [1.29, 1.82) is 0 Å². The van der Waals surface area contributed by atoms with Gasteiger partial charge in [0, 0.05) is 33.2 Å². The first kappa shape index (κ1) is 16.9. The van der Waals surface area contributed by atoms with Crippen molar-refractivity contribution in [2.75, 3.05) is 0 Å². The molecule has 0 aliphatic carbocycles. The average Bonchev–Trinajstić information content (AvgIpc) is 3.29. The summed E-state index contributed by atoms with van der Waals surface area (Å²) in [5, 5.41) is 9.63. The molecule has 1 N–H and O–H groups in total. The Morgan fingerprint density at radius 1 is 1.15 bits per heavy atom. The number of nitrogens with one attached hydrogen (secondary N) is 1. The van der Waals surface area contributed by atoms with Crippen LogP contribution in [-0.4, -0.2) is 26.2 Å². The van der Waals surface area contributed by atoms with E-state index in [-0.39, 0.29) is 11.0 Å². The number of hydrogen-bond donors (Lipinski definition) is 1. The Morgan fingerprint density at radius 3 is 2.73 bits per heavy atom. The van der Waals surface area contributed by atoms with Crippen molar-refractivity contribution in [2.45, 2.75) is 17.4 Å². The molecule has 0 fully saturated rings. The van der Waals surface area contributed by atoms with E-state index in [1.54, 1.807) is 18.3 Å². The highest BCUT2D eigenvalue weighted by atomic mass is 35.5. The number of carbonyl (C=O) groups excluding carboxylic acids is 1. The average molecular weight is 384 g/mol. The van der Waals surface area contributed by atoms with E-state index in [1.807, 2.05) is 43.3 Å². The first-order chi connectivity index (χ1) is 12.6. The van der Waals surface area contributed by atoms with Crippen LogP contribution in [0.1, 0.15) is 17.3 Å². The van der Waals surface area contributed by atoms with Crippen LogP contribution in [0.15, 0.2) is 64.4 Å². The van der Waals surface area contributed by atoms with E-state index in [4.69, 9.17) is 16.0 Å². The molecular weight excluding hydrogens is 370 g/mol. The molecule has 0 unspecified atom stereocenters. The van der Waals surface area contributed by atoms with Crippen LogP contribution >= 0.6 is 23.4 Å². The van der Waals surface area contributed by atoms with E-state index in [1.165, 1.54) is 11.8 Å². The van der Waals surface area contributed by atoms with Gasteiger partial charge in [-0.15, -0.1) is 10.2 Å². The van der Waals surface area contributed by atoms with E-state index in [9.17, 15) is 4.79 Å². The van der Waals surface area contributed by atoms with Crippen LogP contribution in [-0.2, 0) is 0 Å². The summed E-state index contributed by atoms with van der Waals surface area (Å²) in [4.78, 5) is 15.9. The van der Waals surface area contributed by atoms with Gasteiger partial charge < -0.3 is 9.40 Å². The molecule has 0 saturated heterocycles. The van der Waals surface area contributed by atoms with Crippen LogP contribution in [0.4, 0.5) is 0 Å². The maximum Gasteiger partial charge on any atom is 0.277 e. The van der Waals surface area contributed by atoms with Crippen LogP contribution in [0.2, 0.25) is 5.02 Å². The zero-order chi connectivity index (χ0) is 18.1. The highest BCUT2D eigenvalue weighted by Crippen LogP contribution is 2.29. The summed E-state index contributed by atoms with van der Waals surface area (Å²) >= 11 is 7.13. The van der Waals surface area contributed by atoms with Crippen molar-refractivity contribution in [3.63, 3.8) is 0 Å². The molecule has 0 amide bonds. The van der Waals surface area contributed by atoms with Gasteiger partial charge in [-0.25, -0.2) is 0 Å². The van der Waals surface area contributed by atoms with Crippen LogP contribution in [0.25, 0.3) is 22.4 Å². The Hall–Kier alpha value is -2.57. The number of aromatic amines is 1. The van der Waals surface area contributed by atoms with Crippen LogP contribution < -0.4 is 0 Å². The molecular formula is C19H14ClN3O2S. The summed E-state index contributed by atoms with van der Waals surface area (Å²) in [5.41, 5.74) is 2.39. The maximum atomic E-state index is 12.8. The monoisotopic (exact) mass is 383 g/mol. The van der Waals surface area contributed by atoms with Crippen molar-refractivity contribution >= 4 is 40.0 Å². The number of ketones is 1. The number of benzene rings is 2. The van der Waals surface area contributed by atoms with Gasteiger partial charge in [0.25, 0.3) is 5.22 Å². The normalized spacial score (nSPS) is 12.4. The molecule has 0 aliphatic heterocycles. The Morgan fingerprint density at radius 2 is 1.92 bits per heavy atom. The molecule has 7 heteroatoms. The standard InChI is InChI=1S/C19H14ClN3O2S/c1-11(17(24)15-10-21-16-5-3-2-4-14(15)16)26-19-23-22-18(25-19)12-6-8-13(20)9-7-12/h2-11,21H,1H3/t11-/m0/s1. The third kappa shape index (κ3) is 3.25. The topological polar surface area (TPSA) is 71.8 Å². The van der Waals surface area contributed by atoms with E-state index >= 15 is 0 Å². The van der Waals surface area contributed by atoms with E-state index in [2.05, 4.69) is 15.2 Å². The van der Waals surface area contributed by atoms with E-state index in [0.717, 1.165) is 16.5 Å². The molecule has 2 heterocycles. The van der Waals surface area contributed by atoms with Gasteiger partial charge in [0.2, 0.25) is 5.89 Å². The van der Waals surface area contributed by atoms with Gasteiger partial charge in [-0.1, -0.05) is 41.6 Å². The smallest absolute Gasteiger partial charge is 0.277 e. The molecule has 130 valence electrons. The number of rotatable bonds is 5. The molecule has 2 aromatic heterocycles. The van der Waals surface area contributed by atoms with Crippen molar-refractivity contribution in [2.24, 2.45) is 0 Å². The zero-order valence-electron chi connectivity index (χ0n) is 13.8. The van der Waals surface area contributed by atoms with E-state index in [0.29, 0.717) is 21.7 Å². The Labute approximate surface area is 158 Å². The molecule has 2 aromatic carbocycles. The molecule has 0 bridgehead atoms. The molecule has 1 atom stereocenters. The molecule has 0 spiro atoms. The maximum absolute atomic E-state index is 12.8. The van der Waals surface area contributed by atoms with Gasteiger partial charge in [0.1, 0.15) is 0 Å². The summed E-state index contributed by atoms with van der Waals surface area (Å²) in [5.74, 6) is 0.412. The summed E-state index contributed by atoms with van der Waals surface area (Å²) in [6.07, 6.45) is 1.75. The minimum absolute atomic E-state index is 0.0127. The Balaban J connectivity index is 1.52. The van der Waals surface area contributed by atoms with Gasteiger partial charge in [0.15, 0.2) is 5.78 Å². The molecule has 0 saturated carbocycles. The SMILES string of the molecule is C[C@H](Sc1nnc(-c2ccc(Cl)cc2)o1)C(=O)c1c[nH]c2ccccc12. The second kappa shape index (κ2) is 6.97. The lowest BCUT2D eigenvalue weighted by Crippen LogP contribution is -2.13. The van der Waals surface area contributed by atoms with Gasteiger partial charge in [0.05, 0.1) is 5.25 Å². The highest BCUT2D eigenvalue weighted by Gasteiger charge is 2.22. The first-order valence-corrected chi connectivity index (χ1v) is 9.24. The molecule has 5 nitrogen and oxygen atoms in total. The number of para-hydroxylation sites is 1. The Bertz CT molecular complexity index is 1070. The third-order valence-electron chi connectivity index (χ3n) is 4.00. The molecule has 4 rings (SSSR count). The highest BCUT2D eigenvalue weighted by molar-refractivity contribution is 8.00. The minimum atomic E-state index is -0.354. The molecule has 0 aliphatic rings. The van der Waals surface area contributed by atoms with Crippen molar-refractivity contribution in [3.8, 4) is 11.5 Å². The number of carbonyl (C=O) groups is 1. The number of fused-ring (bicyclic) bond motifs is 1. The Kier molecular flexibility index (Phi) is 4.53. The number of aromatic nitrogens is 3. The fraction of sp³-hybridized carbons (Fsp3) is 0.105. The number of thioether (sulfide) groups is 1. The lowest BCUT2D eigenvalue weighted by Gasteiger charge is -2.06. The quantitative estimate of drug-likeness (QED) is 0.377. The summed E-state index contributed by atoms with van der Waals surface area (Å²) in [6.45, 7) is 1.83. The number of Topliss-reactive ketones (excluding diaryl/α,β-unsaturated/α-hetero) is 1. The molecule has 26 heavy (non-hydrogen) atoms. The fourth-order valence-corrected chi connectivity index (χ4v) is 3.54. The number of hydrogen-bond acceptors (Lipinski definition) is 5. The minimum Gasteiger partial charge on any atom is -0.411 e. The van der Waals surface area contributed by atoms with Crippen molar-refractivity contribution < 1.29 is 9.21 Å². The fourth-order valence-electron chi connectivity index (χ4n) is 2.67. The lowest BCUT2D eigenvalue weighted by atomic mass is 10.1. The summed E-state index contributed by atoms with van der Waals surface area (Å²) in [7, 11) is 0.